The average molecular weight is 414 g/mol. The Bertz CT molecular complexity index is 1060. The molecule has 0 radical (unpaired) electrons. The van der Waals surface area contributed by atoms with Crippen LogP contribution in [-0.2, 0) is 21.4 Å². The molecule has 0 atom stereocenters. The molecule has 28 heavy (non-hydrogen) atoms. The number of carboxylic acids is 1. The van der Waals surface area contributed by atoms with E-state index in [0.29, 0.717) is 17.0 Å². The first-order valence-electron chi connectivity index (χ1n) is 7.93. The highest BCUT2D eigenvalue weighted by Crippen LogP contribution is 2.24. The van der Waals surface area contributed by atoms with Crippen molar-refractivity contribution in [1.82, 2.24) is 9.29 Å². The predicted molar refractivity (Wildman–Crippen MR) is 97.4 cm³/mol. The van der Waals surface area contributed by atoms with Crippen LogP contribution in [0.4, 0.5) is 13.2 Å². The van der Waals surface area contributed by atoms with Gasteiger partial charge < -0.3 is 10.4 Å². The molecule has 0 amide bonds. The molecule has 0 spiro atoms. The number of benzene rings is 2. The van der Waals surface area contributed by atoms with Crippen molar-refractivity contribution in [3.8, 4) is 0 Å². The molecule has 0 bridgehead atoms. The van der Waals surface area contributed by atoms with E-state index >= 15 is 0 Å². The fraction of sp³-hybridized carbons (Fsp3) is 0.167. The number of carboxylic acid groups (broad SMARTS) is 1. The standard InChI is InChI=1S/C16H16N2O2S.C2HF3O2/c1-17-12-13-6-5-9-16-15(13)10-11-18(16)21(19,20)14-7-3-2-4-8-14;3-2(4,5)1(6)7/h2-11,17H,12H2,1H3;(H,6,7). The number of aliphatic carboxylic acids is 1. The maximum Gasteiger partial charge on any atom is 0.490 e. The first kappa shape index (κ1) is 21.5. The molecule has 0 saturated carbocycles. The Morgan fingerprint density at radius 3 is 2.21 bits per heavy atom. The number of aromatic nitrogens is 1. The first-order chi connectivity index (χ1) is 13.1. The summed E-state index contributed by atoms with van der Waals surface area (Å²) < 4.78 is 58.5. The number of hydrogen-bond acceptors (Lipinski definition) is 4. The summed E-state index contributed by atoms with van der Waals surface area (Å²) in [5.41, 5.74) is 1.78. The van der Waals surface area contributed by atoms with Gasteiger partial charge in [0.2, 0.25) is 0 Å². The zero-order valence-corrected chi connectivity index (χ0v) is 15.5. The van der Waals surface area contributed by atoms with Crippen LogP contribution in [0.1, 0.15) is 5.56 Å². The second-order valence-corrected chi connectivity index (χ2v) is 7.43. The summed E-state index contributed by atoms with van der Waals surface area (Å²) in [6.45, 7) is 0.701. The lowest BCUT2D eigenvalue weighted by Crippen LogP contribution is -2.21. The van der Waals surface area contributed by atoms with Crippen LogP contribution in [0.25, 0.3) is 10.9 Å². The van der Waals surface area contributed by atoms with Crippen molar-refractivity contribution in [2.75, 3.05) is 7.05 Å². The topological polar surface area (TPSA) is 88.4 Å². The van der Waals surface area contributed by atoms with Crippen LogP contribution in [0.2, 0.25) is 0 Å². The van der Waals surface area contributed by atoms with E-state index in [-0.39, 0.29) is 0 Å². The van der Waals surface area contributed by atoms with Crippen molar-refractivity contribution in [2.24, 2.45) is 0 Å². The molecule has 0 aliphatic rings. The first-order valence-corrected chi connectivity index (χ1v) is 9.37. The second kappa shape index (κ2) is 8.44. The monoisotopic (exact) mass is 414 g/mol. The normalized spacial score (nSPS) is 11.7. The minimum absolute atomic E-state index is 0.293. The summed E-state index contributed by atoms with van der Waals surface area (Å²) in [5.74, 6) is -2.76. The van der Waals surface area contributed by atoms with Gasteiger partial charge in [-0.1, -0.05) is 30.3 Å². The SMILES string of the molecule is CNCc1cccc2c1ccn2S(=O)(=O)c1ccccc1.O=C(O)C(F)(F)F. The second-order valence-electron chi connectivity index (χ2n) is 5.61. The zero-order valence-electron chi connectivity index (χ0n) is 14.6. The van der Waals surface area contributed by atoms with Gasteiger partial charge >= 0.3 is 12.1 Å². The number of hydrogen-bond donors (Lipinski definition) is 2. The van der Waals surface area contributed by atoms with Gasteiger partial charge in [-0.3, -0.25) is 0 Å². The van der Waals surface area contributed by atoms with Crippen LogP contribution in [-0.4, -0.2) is 36.7 Å². The summed E-state index contributed by atoms with van der Waals surface area (Å²) in [4.78, 5) is 9.19. The molecule has 3 aromatic rings. The highest BCUT2D eigenvalue weighted by Gasteiger charge is 2.38. The third-order valence-corrected chi connectivity index (χ3v) is 5.40. The number of fused-ring (bicyclic) bond motifs is 1. The molecule has 3 rings (SSSR count). The molecule has 150 valence electrons. The van der Waals surface area contributed by atoms with E-state index < -0.39 is 22.2 Å². The van der Waals surface area contributed by atoms with Gasteiger partial charge in [-0.2, -0.15) is 13.2 Å². The van der Waals surface area contributed by atoms with Gasteiger partial charge in [0.15, 0.2) is 0 Å². The van der Waals surface area contributed by atoms with Crippen molar-refractivity contribution in [2.45, 2.75) is 17.6 Å². The van der Waals surface area contributed by atoms with Gasteiger partial charge in [-0.05, 0) is 36.9 Å². The average Bonchev–Trinajstić information content (AvgIpc) is 3.08. The lowest BCUT2D eigenvalue weighted by molar-refractivity contribution is -0.192. The van der Waals surface area contributed by atoms with Crippen molar-refractivity contribution in [1.29, 1.82) is 0 Å². The van der Waals surface area contributed by atoms with Gasteiger partial charge in [-0.15, -0.1) is 0 Å². The quantitative estimate of drug-likeness (QED) is 0.684. The van der Waals surface area contributed by atoms with Gasteiger partial charge in [0, 0.05) is 18.1 Å². The summed E-state index contributed by atoms with van der Waals surface area (Å²) in [5, 5.41) is 11.2. The number of carbonyl (C=O) groups is 1. The molecule has 0 fully saturated rings. The Labute approximate surface area is 159 Å². The summed E-state index contributed by atoms with van der Waals surface area (Å²) in [7, 11) is -1.69. The van der Waals surface area contributed by atoms with Crippen molar-refractivity contribution >= 4 is 26.9 Å². The van der Waals surface area contributed by atoms with Crippen LogP contribution in [0, 0.1) is 0 Å². The molecular formula is C18H17F3N2O4S. The van der Waals surface area contributed by atoms with Gasteiger partial charge in [0.05, 0.1) is 10.4 Å². The van der Waals surface area contributed by atoms with E-state index in [2.05, 4.69) is 5.32 Å². The summed E-state index contributed by atoms with van der Waals surface area (Å²) in [6, 6.07) is 16.0. The fourth-order valence-corrected chi connectivity index (χ4v) is 3.83. The number of alkyl halides is 3. The highest BCUT2D eigenvalue weighted by atomic mass is 32.2. The maximum atomic E-state index is 12.7. The molecule has 0 unspecified atom stereocenters. The number of nitrogens with one attached hydrogen (secondary N) is 1. The Balaban J connectivity index is 0.000000345. The summed E-state index contributed by atoms with van der Waals surface area (Å²) >= 11 is 0. The van der Waals surface area contributed by atoms with Crippen LogP contribution in [0.15, 0.2) is 65.7 Å². The molecule has 1 aromatic heterocycles. The van der Waals surface area contributed by atoms with Crippen molar-refractivity contribution in [3.05, 3.63) is 66.4 Å². The molecule has 0 saturated heterocycles. The maximum absolute atomic E-state index is 12.7. The fourth-order valence-electron chi connectivity index (χ4n) is 2.47. The van der Waals surface area contributed by atoms with E-state index in [1.165, 1.54) is 3.97 Å². The minimum Gasteiger partial charge on any atom is -0.475 e. The van der Waals surface area contributed by atoms with E-state index in [9.17, 15) is 21.6 Å². The van der Waals surface area contributed by atoms with Crippen molar-refractivity contribution in [3.63, 3.8) is 0 Å². The molecule has 2 aromatic carbocycles. The molecular weight excluding hydrogens is 397 g/mol. The van der Waals surface area contributed by atoms with Crippen LogP contribution in [0.3, 0.4) is 0 Å². The van der Waals surface area contributed by atoms with E-state index in [4.69, 9.17) is 9.90 Å². The van der Waals surface area contributed by atoms with Crippen LogP contribution < -0.4 is 5.32 Å². The van der Waals surface area contributed by atoms with Gasteiger partial charge in [0.25, 0.3) is 10.0 Å². The molecule has 1 heterocycles. The Morgan fingerprint density at radius 2 is 1.68 bits per heavy atom. The molecule has 6 nitrogen and oxygen atoms in total. The lowest BCUT2D eigenvalue weighted by Gasteiger charge is -2.08. The number of rotatable bonds is 4. The predicted octanol–water partition coefficient (Wildman–Crippen LogP) is 3.23. The summed E-state index contributed by atoms with van der Waals surface area (Å²) in [6.07, 6.45) is -3.47. The van der Waals surface area contributed by atoms with E-state index in [0.717, 1.165) is 10.9 Å². The highest BCUT2D eigenvalue weighted by molar-refractivity contribution is 7.90. The molecule has 10 heteroatoms. The third kappa shape index (κ3) is 4.70. The van der Waals surface area contributed by atoms with E-state index in [1.807, 2.05) is 31.3 Å². The van der Waals surface area contributed by atoms with Gasteiger partial charge in [-0.25, -0.2) is 17.2 Å². The third-order valence-electron chi connectivity index (χ3n) is 3.70. The lowest BCUT2D eigenvalue weighted by atomic mass is 10.1. The molecule has 0 aliphatic carbocycles. The molecule has 2 N–H and O–H groups in total. The van der Waals surface area contributed by atoms with Crippen molar-refractivity contribution < 1.29 is 31.5 Å². The van der Waals surface area contributed by atoms with Gasteiger partial charge in [0.1, 0.15) is 0 Å². The molecule has 0 aliphatic heterocycles. The smallest absolute Gasteiger partial charge is 0.475 e. The Kier molecular flexibility index (Phi) is 6.47. The largest absolute Gasteiger partial charge is 0.490 e. The van der Waals surface area contributed by atoms with Crippen LogP contribution in [0.5, 0.6) is 0 Å². The number of halogens is 3. The Morgan fingerprint density at radius 1 is 1.07 bits per heavy atom. The van der Waals surface area contributed by atoms with E-state index in [1.54, 1.807) is 36.5 Å². The van der Waals surface area contributed by atoms with Crippen LogP contribution >= 0.6 is 0 Å². The minimum atomic E-state index is -5.08. The zero-order chi connectivity index (χ0) is 20.9. The Hall–Kier alpha value is -2.85. The number of nitrogens with zero attached hydrogens (tertiary/aromatic N) is 1.